The van der Waals surface area contributed by atoms with E-state index in [-0.39, 0.29) is 36.9 Å². The molecule has 2 aromatic heterocycles. The first-order chi connectivity index (χ1) is 21.3. The van der Waals surface area contributed by atoms with Crippen LogP contribution >= 0.6 is 0 Å². The average molecular weight is 592 g/mol. The Hall–Kier alpha value is -4.92. The minimum atomic E-state index is -0.462. The number of aryl methyl sites for hydroxylation is 1. The average Bonchev–Trinajstić information content (AvgIpc) is 3.67. The van der Waals surface area contributed by atoms with Crippen LogP contribution in [-0.2, 0) is 20.8 Å². The molecule has 1 unspecified atom stereocenters. The van der Waals surface area contributed by atoms with Gasteiger partial charge in [0.2, 0.25) is 11.8 Å². The molecule has 0 aliphatic carbocycles. The molecule has 44 heavy (non-hydrogen) atoms. The first kappa shape index (κ1) is 29.2. The number of aromatic amines is 2. The number of imidazole rings is 1. The number of amides is 2. The molecule has 2 amide bonds. The number of nitrogens with one attached hydrogen (secondary N) is 2. The van der Waals surface area contributed by atoms with Crippen LogP contribution in [0.5, 0.6) is 5.75 Å². The van der Waals surface area contributed by atoms with Gasteiger partial charge in [-0.2, -0.15) is 0 Å². The molecular formula is C35H37N5O4. The van der Waals surface area contributed by atoms with Crippen LogP contribution in [0.2, 0.25) is 0 Å². The number of carbonyl (C=O) groups excluding carboxylic acids is 3. The summed E-state index contributed by atoms with van der Waals surface area (Å²) in [6.07, 6.45) is 2.81. The van der Waals surface area contributed by atoms with Gasteiger partial charge in [0.05, 0.1) is 25.4 Å². The molecule has 0 saturated carbocycles. The molecule has 0 bridgehead atoms. The molecule has 1 saturated heterocycles. The van der Waals surface area contributed by atoms with Crippen LogP contribution in [0.25, 0.3) is 32.9 Å². The fourth-order valence-corrected chi connectivity index (χ4v) is 6.10. The van der Waals surface area contributed by atoms with Crippen molar-refractivity contribution in [3.05, 3.63) is 83.9 Å². The molecule has 0 radical (unpaired) electrons. The Kier molecular flexibility index (Phi) is 8.19. The number of aromatic nitrogens is 3. The van der Waals surface area contributed by atoms with Gasteiger partial charge in [0.1, 0.15) is 23.4 Å². The molecule has 9 heteroatoms. The second kappa shape index (κ2) is 12.4. The van der Waals surface area contributed by atoms with E-state index in [4.69, 9.17) is 9.72 Å². The Balaban J connectivity index is 1.29. The Morgan fingerprint density at radius 2 is 1.77 bits per heavy atom. The second-order valence-electron chi connectivity index (χ2n) is 11.4. The number of Topliss-reactive ketones (excluding diaryl/α,β-unsaturated/α-hetero) is 1. The smallest absolute Gasteiger partial charge is 0.227 e. The van der Waals surface area contributed by atoms with Gasteiger partial charge in [0.25, 0.3) is 0 Å². The Morgan fingerprint density at radius 1 is 0.955 bits per heavy atom. The lowest BCUT2D eigenvalue weighted by molar-refractivity contribution is -0.143. The van der Waals surface area contributed by atoms with E-state index in [0.717, 1.165) is 49.9 Å². The summed E-state index contributed by atoms with van der Waals surface area (Å²) in [4.78, 5) is 54.3. The molecule has 1 fully saturated rings. The first-order valence-corrected chi connectivity index (χ1v) is 15.1. The van der Waals surface area contributed by atoms with E-state index >= 15 is 0 Å². The summed E-state index contributed by atoms with van der Waals surface area (Å²) < 4.78 is 5.44. The topological polar surface area (TPSA) is 111 Å². The zero-order chi connectivity index (χ0) is 30.8. The predicted octanol–water partition coefficient (Wildman–Crippen LogP) is 5.74. The summed E-state index contributed by atoms with van der Waals surface area (Å²) in [6, 6.07) is 19.8. The molecule has 6 rings (SSSR count). The Morgan fingerprint density at radius 3 is 2.57 bits per heavy atom. The van der Waals surface area contributed by atoms with Crippen LogP contribution < -0.4 is 4.74 Å². The third-order valence-corrected chi connectivity index (χ3v) is 8.69. The third-order valence-electron chi connectivity index (χ3n) is 8.69. The lowest BCUT2D eigenvalue weighted by Crippen LogP contribution is -2.53. The summed E-state index contributed by atoms with van der Waals surface area (Å²) in [5, 5.41) is 3.23. The van der Waals surface area contributed by atoms with Crippen molar-refractivity contribution in [2.75, 3.05) is 26.7 Å². The lowest BCUT2D eigenvalue weighted by atomic mass is 10.0. The number of nitrogens with zero attached hydrogens (tertiary/aromatic N) is 3. The maximum Gasteiger partial charge on any atom is 0.227 e. The van der Waals surface area contributed by atoms with Crippen molar-refractivity contribution in [1.82, 2.24) is 24.8 Å². The minimum Gasteiger partial charge on any atom is -0.497 e. The largest absolute Gasteiger partial charge is 0.497 e. The van der Waals surface area contributed by atoms with Gasteiger partial charge in [-0.15, -0.1) is 0 Å². The normalized spacial score (nSPS) is 15.2. The third kappa shape index (κ3) is 5.82. The number of hydrogen-bond acceptors (Lipinski definition) is 5. The van der Waals surface area contributed by atoms with Gasteiger partial charge < -0.3 is 24.5 Å². The molecule has 2 N–H and O–H groups in total. The SMILES string of the molecule is CCC(=O)CCC(=O)N1CCN(C(=O)Cc2c(C)[nH]c3ccc(OC)cc23)C(c2ncc(-c3ccc4ccccc4c3)[nH]2)C1. The molecule has 5 aromatic rings. The molecule has 9 nitrogen and oxygen atoms in total. The molecule has 1 atom stereocenters. The van der Waals surface area contributed by atoms with Crippen molar-refractivity contribution in [1.29, 1.82) is 0 Å². The van der Waals surface area contributed by atoms with Crippen LogP contribution in [0.1, 0.15) is 49.3 Å². The highest BCUT2D eigenvalue weighted by Gasteiger charge is 2.35. The van der Waals surface area contributed by atoms with E-state index in [1.165, 1.54) is 0 Å². The number of fused-ring (bicyclic) bond motifs is 2. The number of ketones is 1. The number of rotatable bonds is 9. The summed E-state index contributed by atoms with van der Waals surface area (Å²) in [6.45, 7) is 4.86. The van der Waals surface area contributed by atoms with Gasteiger partial charge in [0.15, 0.2) is 0 Å². The van der Waals surface area contributed by atoms with Crippen LogP contribution in [-0.4, -0.2) is 69.1 Å². The van der Waals surface area contributed by atoms with Crippen molar-refractivity contribution in [3.8, 4) is 17.0 Å². The molecule has 0 spiro atoms. The summed E-state index contributed by atoms with van der Waals surface area (Å²) in [5.74, 6) is 1.30. The van der Waals surface area contributed by atoms with Crippen LogP contribution in [0.3, 0.4) is 0 Å². The lowest BCUT2D eigenvalue weighted by Gasteiger charge is -2.40. The molecule has 1 aliphatic heterocycles. The van der Waals surface area contributed by atoms with Gasteiger partial charge in [-0.3, -0.25) is 14.4 Å². The number of methoxy groups -OCH3 is 1. The van der Waals surface area contributed by atoms with E-state index in [9.17, 15) is 14.4 Å². The van der Waals surface area contributed by atoms with E-state index in [1.807, 2.05) is 49.1 Å². The number of carbonyl (C=O) groups is 3. The van der Waals surface area contributed by atoms with Gasteiger partial charge in [0, 0.05) is 61.1 Å². The summed E-state index contributed by atoms with van der Waals surface area (Å²) >= 11 is 0. The monoisotopic (exact) mass is 591 g/mol. The van der Waals surface area contributed by atoms with E-state index < -0.39 is 6.04 Å². The van der Waals surface area contributed by atoms with Gasteiger partial charge >= 0.3 is 0 Å². The predicted molar refractivity (Wildman–Crippen MR) is 170 cm³/mol. The fourth-order valence-electron chi connectivity index (χ4n) is 6.10. The quantitative estimate of drug-likeness (QED) is 0.227. The molecule has 226 valence electrons. The van der Waals surface area contributed by atoms with E-state index in [0.29, 0.717) is 31.9 Å². The number of benzene rings is 3. The highest BCUT2D eigenvalue weighted by Crippen LogP contribution is 2.31. The minimum absolute atomic E-state index is 0.0428. The molecule has 3 heterocycles. The maximum absolute atomic E-state index is 14.0. The Labute approximate surface area is 256 Å². The van der Waals surface area contributed by atoms with Gasteiger partial charge in [-0.1, -0.05) is 43.3 Å². The fraction of sp³-hybridized carbons (Fsp3) is 0.314. The number of H-pyrrole nitrogens is 2. The van der Waals surface area contributed by atoms with Crippen LogP contribution in [0.15, 0.2) is 66.9 Å². The van der Waals surface area contributed by atoms with Crippen molar-refractivity contribution >= 4 is 39.3 Å². The number of piperazine rings is 1. The van der Waals surface area contributed by atoms with E-state index in [1.54, 1.807) is 18.2 Å². The molecular weight excluding hydrogens is 554 g/mol. The van der Waals surface area contributed by atoms with Crippen molar-refractivity contribution in [2.24, 2.45) is 0 Å². The van der Waals surface area contributed by atoms with Crippen LogP contribution in [0, 0.1) is 6.92 Å². The zero-order valence-electron chi connectivity index (χ0n) is 25.4. The first-order valence-electron chi connectivity index (χ1n) is 15.1. The summed E-state index contributed by atoms with van der Waals surface area (Å²) in [7, 11) is 1.63. The van der Waals surface area contributed by atoms with Crippen molar-refractivity contribution in [2.45, 2.75) is 45.6 Å². The zero-order valence-corrected chi connectivity index (χ0v) is 25.4. The van der Waals surface area contributed by atoms with Crippen LogP contribution in [0.4, 0.5) is 0 Å². The van der Waals surface area contributed by atoms with E-state index in [2.05, 4.69) is 40.3 Å². The summed E-state index contributed by atoms with van der Waals surface area (Å²) in [5.41, 5.74) is 4.64. The van der Waals surface area contributed by atoms with Gasteiger partial charge in [-0.25, -0.2) is 4.98 Å². The van der Waals surface area contributed by atoms with Gasteiger partial charge in [-0.05, 0) is 47.5 Å². The second-order valence-corrected chi connectivity index (χ2v) is 11.4. The number of ether oxygens (including phenoxy) is 1. The highest BCUT2D eigenvalue weighted by molar-refractivity contribution is 5.91. The standard InChI is InChI=1S/C35H37N5O4/c1-4-26(41)11-14-33(42)39-15-16-40(34(43)19-28-22(2)37-30-13-12-27(44-3)18-29(28)30)32(21-39)35-36-20-31(38-35)25-10-9-23-7-5-6-8-24(23)17-25/h5-10,12-13,17-18,20,32,37H,4,11,14-16,19,21H2,1-3H3,(H,36,38). The number of hydrogen-bond donors (Lipinski definition) is 2. The van der Waals surface area contributed by atoms with Crippen molar-refractivity contribution in [3.63, 3.8) is 0 Å². The maximum atomic E-state index is 14.0. The molecule has 3 aromatic carbocycles. The highest BCUT2D eigenvalue weighted by atomic mass is 16.5. The molecule has 1 aliphatic rings. The Bertz CT molecular complexity index is 1850. The van der Waals surface area contributed by atoms with Crippen molar-refractivity contribution < 1.29 is 19.1 Å².